The van der Waals surface area contributed by atoms with Crippen LogP contribution in [0, 0.1) is 5.82 Å². The lowest BCUT2D eigenvalue weighted by Crippen LogP contribution is -1.95. The maximum Gasteiger partial charge on any atom is 0.127 e. The summed E-state index contributed by atoms with van der Waals surface area (Å²) in [5.74, 6) is 0.241. The van der Waals surface area contributed by atoms with E-state index in [0.717, 1.165) is 12.0 Å². The van der Waals surface area contributed by atoms with Crippen molar-refractivity contribution in [3.63, 3.8) is 0 Å². The number of fused-ring (bicyclic) bond motifs is 1. The SMILES string of the molecule is CC1Cc2cc(F)c(C(C)C)cc2S1. The van der Waals surface area contributed by atoms with Crippen LogP contribution in [0.5, 0.6) is 0 Å². The molecule has 1 unspecified atom stereocenters. The molecule has 0 bridgehead atoms. The van der Waals surface area contributed by atoms with Gasteiger partial charge in [0, 0.05) is 10.1 Å². The van der Waals surface area contributed by atoms with Crippen LogP contribution in [0.4, 0.5) is 4.39 Å². The number of benzene rings is 1. The molecule has 14 heavy (non-hydrogen) atoms. The van der Waals surface area contributed by atoms with Gasteiger partial charge >= 0.3 is 0 Å². The van der Waals surface area contributed by atoms with Crippen molar-refractivity contribution in [1.82, 2.24) is 0 Å². The van der Waals surface area contributed by atoms with E-state index in [9.17, 15) is 4.39 Å². The fourth-order valence-corrected chi connectivity index (χ4v) is 3.08. The molecule has 0 nitrogen and oxygen atoms in total. The highest BCUT2D eigenvalue weighted by molar-refractivity contribution is 8.00. The average Bonchev–Trinajstić information content (AvgIpc) is 2.42. The fraction of sp³-hybridized carbons (Fsp3) is 0.500. The van der Waals surface area contributed by atoms with E-state index in [1.807, 2.05) is 31.7 Å². The first-order chi connectivity index (χ1) is 6.58. The first-order valence-electron chi connectivity index (χ1n) is 5.07. The van der Waals surface area contributed by atoms with Gasteiger partial charge in [0.25, 0.3) is 0 Å². The van der Waals surface area contributed by atoms with Gasteiger partial charge in [-0.3, -0.25) is 0 Å². The Bertz CT molecular complexity index is 358. The number of hydrogen-bond donors (Lipinski definition) is 0. The van der Waals surface area contributed by atoms with E-state index in [-0.39, 0.29) is 11.7 Å². The van der Waals surface area contributed by atoms with Crippen LogP contribution in [0.2, 0.25) is 0 Å². The molecule has 0 saturated heterocycles. The van der Waals surface area contributed by atoms with E-state index < -0.39 is 0 Å². The highest BCUT2D eigenvalue weighted by atomic mass is 32.2. The summed E-state index contributed by atoms with van der Waals surface area (Å²) in [4.78, 5) is 1.28. The van der Waals surface area contributed by atoms with E-state index in [2.05, 4.69) is 6.92 Å². The molecule has 0 saturated carbocycles. The highest BCUT2D eigenvalue weighted by Crippen LogP contribution is 2.39. The van der Waals surface area contributed by atoms with Crippen molar-refractivity contribution in [3.8, 4) is 0 Å². The topological polar surface area (TPSA) is 0 Å². The normalized spacial score (nSPS) is 20.2. The first-order valence-corrected chi connectivity index (χ1v) is 5.95. The van der Waals surface area contributed by atoms with E-state index >= 15 is 0 Å². The van der Waals surface area contributed by atoms with E-state index in [1.165, 1.54) is 10.5 Å². The van der Waals surface area contributed by atoms with Gasteiger partial charge in [0.2, 0.25) is 0 Å². The lowest BCUT2D eigenvalue weighted by molar-refractivity contribution is 0.594. The second-order valence-electron chi connectivity index (χ2n) is 4.27. The first kappa shape index (κ1) is 10.0. The van der Waals surface area contributed by atoms with Gasteiger partial charge in [-0.2, -0.15) is 0 Å². The van der Waals surface area contributed by atoms with Crippen molar-refractivity contribution in [2.45, 2.75) is 43.3 Å². The van der Waals surface area contributed by atoms with Crippen LogP contribution in [0.1, 0.15) is 37.8 Å². The van der Waals surface area contributed by atoms with Gasteiger partial charge in [-0.05, 0) is 35.6 Å². The Kier molecular flexibility index (Phi) is 2.56. The third-order valence-corrected chi connectivity index (χ3v) is 3.84. The van der Waals surface area contributed by atoms with Crippen LogP contribution in [-0.4, -0.2) is 5.25 Å². The molecule has 0 aliphatic carbocycles. The lowest BCUT2D eigenvalue weighted by Gasteiger charge is -2.09. The van der Waals surface area contributed by atoms with Crippen LogP contribution in [0.25, 0.3) is 0 Å². The Balaban J connectivity index is 2.45. The number of halogens is 1. The largest absolute Gasteiger partial charge is 0.207 e. The Morgan fingerprint density at radius 3 is 2.79 bits per heavy atom. The van der Waals surface area contributed by atoms with Crippen LogP contribution in [0.3, 0.4) is 0 Å². The van der Waals surface area contributed by atoms with E-state index in [1.54, 1.807) is 6.07 Å². The number of hydrogen-bond acceptors (Lipinski definition) is 1. The maximum atomic E-state index is 13.6. The van der Waals surface area contributed by atoms with Crippen molar-refractivity contribution in [2.75, 3.05) is 0 Å². The van der Waals surface area contributed by atoms with Crippen molar-refractivity contribution < 1.29 is 4.39 Å². The van der Waals surface area contributed by atoms with Gasteiger partial charge in [0.15, 0.2) is 0 Å². The van der Waals surface area contributed by atoms with Gasteiger partial charge in [-0.25, -0.2) is 4.39 Å². The lowest BCUT2D eigenvalue weighted by atomic mass is 9.99. The van der Waals surface area contributed by atoms with Gasteiger partial charge in [-0.15, -0.1) is 11.8 Å². The molecule has 1 aromatic carbocycles. The van der Waals surface area contributed by atoms with Crippen molar-refractivity contribution in [1.29, 1.82) is 0 Å². The summed E-state index contributed by atoms with van der Waals surface area (Å²) >= 11 is 1.86. The number of thioether (sulfide) groups is 1. The maximum absolute atomic E-state index is 13.6. The molecule has 76 valence electrons. The van der Waals surface area contributed by atoms with Crippen molar-refractivity contribution in [2.24, 2.45) is 0 Å². The molecule has 1 aromatic rings. The molecule has 1 heterocycles. The molecule has 1 atom stereocenters. The molecular formula is C12H15FS. The minimum Gasteiger partial charge on any atom is -0.207 e. The highest BCUT2D eigenvalue weighted by Gasteiger charge is 2.21. The Morgan fingerprint density at radius 1 is 1.43 bits per heavy atom. The molecule has 0 amide bonds. The third-order valence-electron chi connectivity index (χ3n) is 2.64. The molecular weight excluding hydrogens is 195 g/mol. The summed E-state index contributed by atoms with van der Waals surface area (Å²) in [5.41, 5.74) is 2.04. The van der Waals surface area contributed by atoms with Crippen LogP contribution in [-0.2, 0) is 6.42 Å². The molecule has 1 aliphatic rings. The van der Waals surface area contributed by atoms with Gasteiger partial charge < -0.3 is 0 Å². The zero-order valence-electron chi connectivity index (χ0n) is 8.80. The number of rotatable bonds is 1. The van der Waals surface area contributed by atoms with Crippen molar-refractivity contribution >= 4 is 11.8 Å². The zero-order chi connectivity index (χ0) is 10.3. The van der Waals surface area contributed by atoms with Gasteiger partial charge in [-0.1, -0.05) is 20.8 Å². The minimum atomic E-state index is -0.0338. The summed E-state index contributed by atoms with van der Waals surface area (Å²) in [6, 6.07) is 3.75. The monoisotopic (exact) mass is 210 g/mol. The van der Waals surface area contributed by atoms with E-state index in [4.69, 9.17) is 0 Å². The van der Waals surface area contributed by atoms with Crippen LogP contribution < -0.4 is 0 Å². The standard InChI is InChI=1S/C12H15FS/c1-7(2)10-6-12-9(5-11(10)13)4-8(3)14-12/h5-8H,4H2,1-3H3. The summed E-state index contributed by atoms with van der Waals surface area (Å²) in [6.45, 7) is 6.26. The summed E-state index contributed by atoms with van der Waals surface area (Å²) in [6.07, 6.45) is 1.01. The second kappa shape index (κ2) is 3.58. The summed E-state index contributed by atoms with van der Waals surface area (Å²) < 4.78 is 13.6. The summed E-state index contributed by atoms with van der Waals surface area (Å²) in [5, 5.41) is 0.604. The molecule has 0 spiro atoms. The summed E-state index contributed by atoms with van der Waals surface area (Å²) in [7, 11) is 0. The molecule has 2 rings (SSSR count). The Morgan fingerprint density at radius 2 is 2.14 bits per heavy atom. The van der Waals surface area contributed by atoms with Crippen LogP contribution >= 0.6 is 11.8 Å². The average molecular weight is 210 g/mol. The fourth-order valence-electron chi connectivity index (χ4n) is 1.89. The van der Waals surface area contributed by atoms with Gasteiger partial charge in [0.05, 0.1) is 0 Å². The third kappa shape index (κ3) is 1.68. The predicted molar refractivity (Wildman–Crippen MR) is 59.5 cm³/mol. The molecule has 0 N–H and O–H groups in total. The van der Waals surface area contributed by atoms with Crippen molar-refractivity contribution in [3.05, 3.63) is 29.1 Å². The quantitative estimate of drug-likeness (QED) is 0.675. The molecule has 1 aliphatic heterocycles. The minimum absolute atomic E-state index is 0.0338. The predicted octanol–water partition coefficient (Wildman–Crippen LogP) is 3.99. The Hall–Kier alpha value is -0.500. The van der Waals surface area contributed by atoms with Crippen LogP contribution in [0.15, 0.2) is 17.0 Å². The second-order valence-corrected chi connectivity index (χ2v) is 5.75. The molecule has 2 heteroatoms. The molecule has 0 fully saturated rings. The zero-order valence-corrected chi connectivity index (χ0v) is 9.62. The smallest absolute Gasteiger partial charge is 0.127 e. The molecule has 0 radical (unpaired) electrons. The Labute approximate surface area is 88.9 Å². The molecule has 0 aromatic heterocycles. The van der Waals surface area contributed by atoms with E-state index in [0.29, 0.717) is 5.25 Å². The van der Waals surface area contributed by atoms with Gasteiger partial charge in [0.1, 0.15) is 5.82 Å².